The molecule has 1 saturated heterocycles. The number of nitrogens with zero attached hydrogens (tertiary/aromatic N) is 4. The van der Waals surface area contributed by atoms with E-state index in [9.17, 15) is 19.2 Å². The van der Waals surface area contributed by atoms with Crippen molar-refractivity contribution in [1.29, 1.82) is 0 Å². The van der Waals surface area contributed by atoms with E-state index in [1.165, 1.54) is 68.1 Å². The summed E-state index contributed by atoms with van der Waals surface area (Å²) in [6, 6.07) is 17.6. The molecule has 1 aromatic heterocycles. The number of nitrogens with one attached hydrogen (secondary N) is 4. The van der Waals surface area contributed by atoms with Crippen molar-refractivity contribution >= 4 is 36.7 Å². The summed E-state index contributed by atoms with van der Waals surface area (Å²) in [7, 11) is 4.53. The SMILES string of the molecule is C/C=C(\N/C(=C/CC)C1C=CCN1C=O)c1ccc(-c2ccc(-c3cnc[nH]3)cc2)cc1.C1CCCCC1.CNC(C)C(C)C.COC(=O)NCC(=O)N1CCN(C(=O)OC(C)(C)C)C1.COC=O. The van der Waals surface area contributed by atoms with Gasteiger partial charge in [-0.1, -0.05) is 132 Å². The van der Waals surface area contributed by atoms with Gasteiger partial charge in [0.05, 0.1) is 45.1 Å². The average Bonchev–Trinajstić information content (AvgIpc) is 4.19. The molecule has 0 radical (unpaired) electrons. The van der Waals surface area contributed by atoms with E-state index < -0.39 is 17.8 Å². The maximum atomic E-state index is 11.8. The van der Waals surface area contributed by atoms with Gasteiger partial charge in [0.1, 0.15) is 12.1 Å². The van der Waals surface area contributed by atoms with Crippen LogP contribution >= 0.6 is 0 Å². The lowest BCUT2D eigenvalue weighted by Gasteiger charge is -2.25. The summed E-state index contributed by atoms with van der Waals surface area (Å²) in [6.45, 7) is 17.9. The van der Waals surface area contributed by atoms with Gasteiger partial charge in [0.25, 0.3) is 6.47 Å². The number of methoxy groups -OCH3 is 2. The highest BCUT2D eigenvalue weighted by Gasteiger charge is 2.30. The van der Waals surface area contributed by atoms with Crippen LogP contribution in [0.15, 0.2) is 91.1 Å². The molecule has 3 aromatic rings. The number of ether oxygens (including phenoxy) is 3. The molecule has 16 nitrogen and oxygen atoms in total. The minimum atomic E-state index is -0.665. The van der Waals surface area contributed by atoms with Gasteiger partial charge in [0.15, 0.2) is 0 Å². The molecule has 2 atom stereocenters. The molecule has 6 rings (SSSR count). The minimum Gasteiger partial charge on any atom is -0.471 e. The van der Waals surface area contributed by atoms with Crippen LogP contribution in [0.2, 0.25) is 0 Å². The van der Waals surface area contributed by atoms with E-state index in [1.807, 2.05) is 26.2 Å². The molecule has 0 bridgehead atoms. The highest BCUT2D eigenvalue weighted by Crippen LogP contribution is 2.26. The van der Waals surface area contributed by atoms with Crippen LogP contribution < -0.4 is 16.0 Å². The van der Waals surface area contributed by atoms with Gasteiger partial charge in [-0.25, -0.2) is 14.6 Å². The van der Waals surface area contributed by atoms with Crippen molar-refractivity contribution in [3.8, 4) is 22.4 Å². The number of rotatable bonds is 13. The van der Waals surface area contributed by atoms with Crippen molar-refractivity contribution in [2.75, 3.05) is 54.1 Å². The third-order valence-corrected chi connectivity index (χ3v) is 11.3. The first-order valence-corrected chi connectivity index (χ1v) is 24.0. The summed E-state index contributed by atoms with van der Waals surface area (Å²) in [5, 5.41) is 9.04. The van der Waals surface area contributed by atoms with Gasteiger partial charge < -0.3 is 44.9 Å². The molecular formula is C53H80N8O8. The molecule has 4 amide bonds. The Kier molecular flexibility index (Phi) is 27.5. The Morgan fingerprint density at radius 1 is 0.884 bits per heavy atom. The maximum absolute atomic E-state index is 11.8. The van der Waals surface area contributed by atoms with Gasteiger partial charge in [-0.15, -0.1) is 0 Å². The molecule has 1 aliphatic carbocycles. The second-order valence-corrected chi connectivity index (χ2v) is 17.9. The molecule has 0 spiro atoms. The third-order valence-electron chi connectivity index (χ3n) is 11.3. The molecule has 2 unspecified atom stereocenters. The molecule has 1 saturated carbocycles. The van der Waals surface area contributed by atoms with Crippen LogP contribution in [-0.2, 0) is 28.6 Å². The molecule has 4 N–H and O–H groups in total. The summed E-state index contributed by atoms with van der Waals surface area (Å²) >= 11 is 0. The topological polar surface area (TPSA) is 188 Å². The quantitative estimate of drug-likeness (QED) is 0.0727. The molecule has 380 valence electrons. The number of imidazole rings is 1. The first kappa shape index (κ1) is 58.7. The highest BCUT2D eigenvalue weighted by atomic mass is 16.6. The first-order chi connectivity index (χ1) is 33.0. The van der Waals surface area contributed by atoms with Gasteiger partial charge in [-0.2, -0.15) is 0 Å². The zero-order valence-corrected chi connectivity index (χ0v) is 43.0. The fraction of sp³-hybridized carbons (Fsp3) is 0.509. The summed E-state index contributed by atoms with van der Waals surface area (Å²) in [4.78, 5) is 66.8. The Labute approximate surface area is 411 Å². The summed E-state index contributed by atoms with van der Waals surface area (Å²) in [6.07, 6.45) is 21.5. The van der Waals surface area contributed by atoms with Crippen LogP contribution in [0, 0.1) is 5.92 Å². The average molecular weight is 957 g/mol. The lowest BCUT2D eigenvalue weighted by atomic mass is 10.0. The van der Waals surface area contributed by atoms with E-state index in [-0.39, 0.29) is 25.2 Å². The number of hydrogen-bond donors (Lipinski definition) is 4. The smallest absolute Gasteiger partial charge is 0.411 e. The van der Waals surface area contributed by atoms with Crippen LogP contribution in [0.5, 0.6) is 0 Å². The number of aromatic nitrogens is 2. The van der Waals surface area contributed by atoms with Crippen molar-refractivity contribution in [1.82, 2.24) is 40.6 Å². The number of aromatic amines is 1. The van der Waals surface area contributed by atoms with Crippen LogP contribution in [0.1, 0.15) is 106 Å². The van der Waals surface area contributed by atoms with Gasteiger partial charge in [0.2, 0.25) is 12.3 Å². The van der Waals surface area contributed by atoms with E-state index in [4.69, 9.17) is 9.53 Å². The highest BCUT2D eigenvalue weighted by molar-refractivity contribution is 5.83. The predicted octanol–water partition coefficient (Wildman–Crippen LogP) is 9.14. The van der Waals surface area contributed by atoms with Gasteiger partial charge in [-0.3, -0.25) is 19.3 Å². The number of amides is 4. The predicted molar refractivity (Wildman–Crippen MR) is 274 cm³/mol. The van der Waals surface area contributed by atoms with E-state index in [0.717, 1.165) is 52.5 Å². The molecule has 2 aliphatic heterocycles. The normalized spacial score (nSPS) is 15.9. The number of alkyl carbamates (subject to hydrolysis) is 1. The van der Waals surface area contributed by atoms with Crippen molar-refractivity contribution < 1.29 is 38.2 Å². The minimum absolute atomic E-state index is 0.0462. The van der Waals surface area contributed by atoms with E-state index >= 15 is 0 Å². The van der Waals surface area contributed by atoms with Crippen molar-refractivity contribution in [2.45, 2.75) is 118 Å². The number of carbonyl (C=O) groups excluding carboxylic acids is 5. The second-order valence-electron chi connectivity index (χ2n) is 17.9. The van der Waals surface area contributed by atoms with Crippen LogP contribution in [0.25, 0.3) is 28.1 Å². The third kappa shape index (κ3) is 22.0. The molecule has 2 aromatic carbocycles. The van der Waals surface area contributed by atoms with Crippen LogP contribution in [0.4, 0.5) is 9.59 Å². The summed E-state index contributed by atoms with van der Waals surface area (Å²) in [5.41, 5.74) is 7.04. The van der Waals surface area contributed by atoms with E-state index in [1.54, 1.807) is 32.0 Å². The Balaban J connectivity index is 0.000000372. The summed E-state index contributed by atoms with van der Waals surface area (Å²) in [5.74, 6) is 0.478. The molecule has 3 aliphatic rings. The van der Waals surface area contributed by atoms with Crippen molar-refractivity contribution in [2.24, 2.45) is 5.92 Å². The number of carbonyl (C=O) groups is 5. The monoisotopic (exact) mass is 957 g/mol. The van der Waals surface area contributed by atoms with Gasteiger partial charge >= 0.3 is 12.2 Å². The first-order valence-electron chi connectivity index (χ1n) is 24.0. The standard InChI is InChI=1S/C27H28N4O.C12H21N3O5.C6H15N.C6H12.C2H4O2/c1-3-6-25(27-7-5-16-31(27)19-32)30-24(4-2)22-12-8-20(9-13-22)21-10-14-23(15-11-21)26-17-28-18-29-26;1-12(2,3)20-11(18)15-6-5-14(8-15)9(16)7-13-10(17)19-4;1-5(2)6(3)7-4;1-2-4-6-5-3-1;1-4-2-3/h4-15,17-19,27,30H,3,16H2,1-2H3,(H,28,29);5-8H2,1-4H3,(H,13,17);5-7H,1-4H3;1-6H2;2H,1H3/b24-4-,25-6+;;;;. The fourth-order valence-electron chi connectivity index (χ4n) is 6.95. The number of H-pyrrole nitrogens is 1. The lowest BCUT2D eigenvalue weighted by molar-refractivity contribution is -0.129. The van der Waals surface area contributed by atoms with Crippen molar-refractivity contribution in [3.05, 3.63) is 96.6 Å². The maximum Gasteiger partial charge on any atom is 0.411 e. The fourth-order valence-corrected chi connectivity index (χ4v) is 6.95. The van der Waals surface area contributed by atoms with Gasteiger partial charge in [0, 0.05) is 37.1 Å². The Morgan fingerprint density at radius 3 is 1.90 bits per heavy atom. The van der Waals surface area contributed by atoms with Gasteiger partial charge in [-0.05, 0) is 76.3 Å². The number of hydrogen-bond acceptors (Lipinski definition) is 11. The molecule has 3 heterocycles. The molecule has 2 fully saturated rings. The molecule has 16 heteroatoms. The van der Waals surface area contributed by atoms with Crippen LogP contribution in [-0.4, -0.2) is 127 Å². The largest absolute Gasteiger partial charge is 0.471 e. The Morgan fingerprint density at radius 2 is 1.45 bits per heavy atom. The summed E-state index contributed by atoms with van der Waals surface area (Å²) < 4.78 is 13.5. The zero-order valence-electron chi connectivity index (χ0n) is 43.0. The molecular weight excluding hydrogens is 877 g/mol. The zero-order chi connectivity index (χ0) is 51.2. The Bertz CT molecular complexity index is 2030. The number of benzene rings is 2. The van der Waals surface area contributed by atoms with Crippen LogP contribution in [0.3, 0.4) is 0 Å². The molecule has 69 heavy (non-hydrogen) atoms. The Hall–Kier alpha value is -6.42. The number of allylic oxidation sites excluding steroid dienone is 2. The van der Waals surface area contributed by atoms with E-state index in [0.29, 0.717) is 32.1 Å². The second kappa shape index (κ2) is 32.4. The van der Waals surface area contributed by atoms with E-state index in [2.05, 4.69) is 130 Å². The lowest BCUT2D eigenvalue weighted by Crippen LogP contribution is -2.41. The van der Waals surface area contributed by atoms with Crippen molar-refractivity contribution in [3.63, 3.8) is 0 Å².